The number of hydrogen-bond donors (Lipinski definition) is 3. The maximum Gasteiger partial charge on any atom is 0.240 e. The molecule has 0 radical (unpaired) electrons. The molecule has 0 saturated carbocycles. The molecular weight excluding hydrogens is 410 g/mol. The number of carbonyl (C=O) groups is 1. The fraction of sp³-hybridized carbons (Fsp3) is 0.474. The molecule has 2 heterocycles. The number of alkyl halides is 1. The molecule has 27 heavy (non-hydrogen) atoms. The van der Waals surface area contributed by atoms with Gasteiger partial charge in [0.15, 0.2) is 0 Å². The lowest BCUT2D eigenvalue weighted by atomic mass is 9.98. The Morgan fingerprint density at radius 2 is 2.15 bits per heavy atom. The average Bonchev–Trinajstić information content (AvgIpc) is 3.25. The van der Waals surface area contributed by atoms with Crippen molar-refractivity contribution < 1.29 is 9.53 Å². The molecular formula is C19H26BrN5O2. The average molecular weight is 436 g/mol. The molecule has 7 nitrogen and oxygen atoms in total. The van der Waals surface area contributed by atoms with Crippen LogP contribution >= 0.6 is 15.9 Å². The van der Waals surface area contributed by atoms with Crippen molar-refractivity contribution in [2.75, 3.05) is 7.11 Å². The Labute approximate surface area is 168 Å². The number of methoxy groups -OCH3 is 1. The van der Waals surface area contributed by atoms with Crippen molar-refractivity contribution in [1.29, 1.82) is 0 Å². The molecule has 1 aliphatic heterocycles. The fourth-order valence-electron chi connectivity index (χ4n) is 3.30. The largest absolute Gasteiger partial charge is 0.497 e. The number of rotatable bonds is 6. The first-order valence-electron chi connectivity index (χ1n) is 8.99. The maximum absolute atomic E-state index is 13.1. The summed E-state index contributed by atoms with van der Waals surface area (Å²) >= 11 is 3.68. The van der Waals surface area contributed by atoms with E-state index in [-0.39, 0.29) is 28.9 Å². The Morgan fingerprint density at radius 1 is 1.37 bits per heavy atom. The maximum atomic E-state index is 13.1. The lowest BCUT2D eigenvalue weighted by molar-refractivity contribution is -0.123. The third-order valence-corrected chi connectivity index (χ3v) is 6.00. The van der Waals surface area contributed by atoms with Gasteiger partial charge in [0.05, 0.1) is 11.9 Å². The molecule has 8 heteroatoms. The summed E-state index contributed by atoms with van der Waals surface area (Å²) in [4.78, 5) is 17.5. The smallest absolute Gasteiger partial charge is 0.240 e. The van der Waals surface area contributed by atoms with Crippen molar-refractivity contribution in [1.82, 2.24) is 25.7 Å². The van der Waals surface area contributed by atoms with Crippen LogP contribution in [0.2, 0.25) is 0 Å². The zero-order chi connectivity index (χ0) is 19.6. The van der Waals surface area contributed by atoms with E-state index < -0.39 is 0 Å². The Bertz CT molecular complexity index is 794. The molecule has 1 fully saturated rings. The summed E-state index contributed by atoms with van der Waals surface area (Å²) in [6, 6.07) is 7.08. The molecule has 0 bridgehead atoms. The summed E-state index contributed by atoms with van der Waals surface area (Å²) in [7, 11) is 3.54. The van der Waals surface area contributed by atoms with Crippen LogP contribution in [0.5, 0.6) is 5.75 Å². The molecule has 1 aromatic heterocycles. The van der Waals surface area contributed by atoms with Gasteiger partial charge in [0.25, 0.3) is 0 Å². The molecule has 1 aromatic carbocycles. The highest BCUT2D eigenvalue weighted by Crippen LogP contribution is 2.26. The molecule has 146 valence electrons. The van der Waals surface area contributed by atoms with Crippen LogP contribution in [-0.4, -0.2) is 39.5 Å². The van der Waals surface area contributed by atoms with Gasteiger partial charge in [-0.1, -0.05) is 41.9 Å². The summed E-state index contributed by atoms with van der Waals surface area (Å²) in [5, 5.41) is 3.15. The van der Waals surface area contributed by atoms with E-state index in [1.54, 1.807) is 13.3 Å². The number of hydrogen-bond acceptors (Lipinski definition) is 5. The van der Waals surface area contributed by atoms with Crippen LogP contribution in [0.25, 0.3) is 0 Å². The van der Waals surface area contributed by atoms with E-state index in [1.807, 2.05) is 42.1 Å². The number of nitrogens with one attached hydrogen (secondary N) is 3. The topological polar surface area (TPSA) is 80.2 Å². The van der Waals surface area contributed by atoms with Crippen molar-refractivity contribution >= 4 is 21.8 Å². The number of imidazole rings is 1. The van der Waals surface area contributed by atoms with Gasteiger partial charge >= 0.3 is 0 Å². The van der Waals surface area contributed by atoms with Crippen LogP contribution in [-0.2, 0) is 11.8 Å². The first-order chi connectivity index (χ1) is 12.9. The van der Waals surface area contributed by atoms with Crippen LogP contribution in [0.3, 0.4) is 0 Å². The van der Waals surface area contributed by atoms with E-state index in [0.29, 0.717) is 5.92 Å². The SMILES string of the molecule is COc1cccc(C(NC(=O)C2NNC(C(C)C)C2Br)c2nccn2C)c1. The van der Waals surface area contributed by atoms with Crippen molar-refractivity contribution in [3.8, 4) is 5.75 Å². The van der Waals surface area contributed by atoms with Crippen molar-refractivity contribution in [2.45, 2.75) is 36.8 Å². The summed E-state index contributed by atoms with van der Waals surface area (Å²) in [6.45, 7) is 4.25. The van der Waals surface area contributed by atoms with E-state index in [9.17, 15) is 4.79 Å². The Hall–Kier alpha value is -1.90. The normalized spacial score (nSPS) is 23.4. The lowest BCUT2D eigenvalue weighted by Gasteiger charge is -2.23. The van der Waals surface area contributed by atoms with Gasteiger partial charge in [0.2, 0.25) is 5.91 Å². The summed E-state index contributed by atoms with van der Waals surface area (Å²) < 4.78 is 7.26. The molecule has 0 aliphatic carbocycles. The van der Waals surface area contributed by atoms with Crippen LogP contribution in [0.15, 0.2) is 36.7 Å². The second-order valence-electron chi connectivity index (χ2n) is 7.10. The van der Waals surface area contributed by atoms with Crippen molar-refractivity contribution in [3.63, 3.8) is 0 Å². The molecule has 1 amide bonds. The predicted molar refractivity (Wildman–Crippen MR) is 108 cm³/mol. The van der Waals surface area contributed by atoms with Crippen LogP contribution < -0.4 is 20.9 Å². The molecule has 4 atom stereocenters. The first kappa shape index (κ1) is 19.9. The zero-order valence-corrected chi connectivity index (χ0v) is 17.5. The zero-order valence-electron chi connectivity index (χ0n) is 15.9. The highest BCUT2D eigenvalue weighted by atomic mass is 79.9. The van der Waals surface area contributed by atoms with Gasteiger partial charge in [-0.3, -0.25) is 10.2 Å². The summed E-state index contributed by atoms with van der Waals surface area (Å²) in [6.07, 6.45) is 3.60. The second-order valence-corrected chi connectivity index (χ2v) is 8.15. The number of benzene rings is 1. The van der Waals surface area contributed by atoms with Crippen LogP contribution in [0.4, 0.5) is 0 Å². The molecule has 1 saturated heterocycles. The highest BCUT2D eigenvalue weighted by molar-refractivity contribution is 9.09. The highest BCUT2D eigenvalue weighted by Gasteiger charge is 2.40. The predicted octanol–water partition coefficient (Wildman–Crippen LogP) is 1.90. The number of carbonyl (C=O) groups excluding carboxylic acids is 1. The van der Waals surface area contributed by atoms with E-state index in [0.717, 1.165) is 17.1 Å². The molecule has 4 unspecified atom stereocenters. The van der Waals surface area contributed by atoms with Gasteiger partial charge < -0.3 is 14.6 Å². The van der Waals surface area contributed by atoms with E-state index >= 15 is 0 Å². The monoisotopic (exact) mass is 435 g/mol. The minimum Gasteiger partial charge on any atom is -0.497 e. The van der Waals surface area contributed by atoms with Gasteiger partial charge in [0.1, 0.15) is 23.7 Å². The first-order valence-corrected chi connectivity index (χ1v) is 9.90. The quantitative estimate of drug-likeness (QED) is 0.603. The number of aryl methyl sites for hydroxylation is 1. The van der Waals surface area contributed by atoms with Gasteiger partial charge in [-0.15, -0.1) is 0 Å². The Balaban J connectivity index is 1.86. The van der Waals surface area contributed by atoms with Gasteiger partial charge in [-0.25, -0.2) is 10.4 Å². The minimum absolute atomic E-state index is 0.00942. The number of aromatic nitrogens is 2. The molecule has 2 aromatic rings. The number of ether oxygens (including phenoxy) is 1. The molecule has 3 N–H and O–H groups in total. The number of nitrogens with zero attached hydrogens (tertiary/aromatic N) is 2. The van der Waals surface area contributed by atoms with E-state index in [1.165, 1.54) is 0 Å². The summed E-state index contributed by atoms with van der Waals surface area (Å²) in [5.74, 6) is 1.79. The standard InChI is InChI=1S/C19H26BrN5O2/c1-11(2)15-14(20)17(24-23-15)19(26)22-16(18-21-8-9-25(18)3)12-6-5-7-13(10-12)27-4/h5-11,14-17,23-24H,1-4H3,(H,22,26). The lowest BCUT2D eigenvalue weighted by Crippen LogP contribution is -2.47. The Kier molecular flexibility index (Phi) is 6.18. The second kappa shape index (κ2) is 8.41. The van der Waals surface area contributed by atoms with Crippen molar-refractivity contribution in [3.05, 3.63) is 48.0 Å². The van der Waals surface area contributed by atoms with Gasteiger partial charge in [-0.05, 0) is 23.6 Å². The number of hydrazine groups is 1. The minimum atomic E-state index is -0.384. The van der Waals surface area contributed by atoms with Gasteiger partial charge in [0, 0.05) is 25.5 Å². The van der Waals surface area contributed by atoms with E-state index in [4.69, 9.17) is 4.74 Å². The third kappa shape index (κ3) is 4.17. The van der Waals surface area contributed by atoms with E-state index in [2.05, 4.69) is 50.9 Å². The molecule has 0 spiro atoms. The fourth-order valence-corrected chi connectivity index (χ4v) is 4.42. The van der Waals surface area contributed by atoms with Gasteiger partial charge in [-0.2, -0.15) is 0 Å². The van der Waals surface area contributed by atoms with Crippen LogP contribution in [0, 0.1) is 5.92 Å². The molecule has 3 rings (SSSR count). The molecule has 1 aliphatic rings. The van der Waals surface area contributed by atoms with Crippen LogP contribution in [0.1, 0.15) is 31.3 Å². The van der Waals surface area contributed by atoms with Crippen molar-refractivity contribution in [2.24, 2.45) is 13.0 Å². The Morgan fingerprint density at radius 3 is 2.74 bits per heavy atom. The summed E-state index contributed by atoms with van der Waals surface area (Å²) in [5.41, 5.74) is 7.24. The number of halogens is 1. The third-order valence-electron chi connectivity index (χ3n) is 4.90. The number of amides is 1.